The van der Waals surface area contributed by atoms with Crippen molar-refractivity contribution in [1.29, 1.82) is 0 Å². The normalized spacial score (nSPS) is 22.2. The van der Waals surface area contributed by atoms with Crippen LogP contribution in [-0.2, 0) is 14.3 Å². The predicted molar refractivity (Wildman–Crippen MR) is 125 cm³/mol. The Morgan fingerprint density at radius 3 is 2.53 bits per heavy atom. The SMILES string of the molecule is CCOC(=O)[C@H]1C[C@@H](C(=O)N(C)[C@H](C)[C@@H](O)c2ccccc2)[C@@H](c2ccc(Cl)cc2Cl)N1. The molecule has 2 aromatic rings. The zero-order valence-electron chi connectivity index (χ0n) is 18.3. The first-order chi connectivity index (χ1) is 15.2. The van der Waals surface area contributed by atoms with Gasteiger partial charge in [-0.3, -0.25) is 14.9 Å². The minimum absolute atomic E-state index is 0.192. The average Bonchev–Trinajstić information content (AvgIpc) is 3.23. The number of carbonyl (C=O) groups is 2. The maximum Gasteiger partial charge on any atom is 0.323 e. The summed E-state index contributed by atoms with van der Waals surface area (Å²) in [5, 5.41) is 14.9. The van der Waals surface area contributed by atoms with E-state index in [0.29, 0.717) is 15.6 Å². The molecule has 1 saturated heterocycles. The van der Waals surface area contributed by atoms with Crippen LogP contribution in [0.3, 0.4) is 0 Å². The van der Waals surface area contributed by atoms with Crippen molar-refractivity contribution in [2.24, 2.45) is 5.92 Å². The molecule has 1 fully saturated rings. The van der Waals surface area contributed by atoms with E-state index in [1.807, 2.05) is 30.3 Å². The van der Waals surface area contributed by atoms with Gasteiger partial charge < -0.3 is 14.7 Å². The maximum atomic E-state index is 13.6. The van der Waals surface area contributed by atoms with Crippen molar-refractivity contribution in [2.45, 2.75) is 44.5 Å². The van der Waals surface area contributed by atoms with Crippen LogP contribution in [0.15, 0.2) is 48.5 Å². The van der Waals surface area contributed by atoms with Crippen molar-refractivity contribution in [3.8, 4) is 0 Å². The molecule has 1 aliphatic heterocycles. The van der Waals surface area contributed by atoms with E-state index in [1.165, 1.54) is 4.90 Å². The van der Waals surface area contributed by atoms with Gasteiger partial charge in [0.1, 0.15) is 6.04 Å². The number of nitrogens with one attached hydrogen (secondary N) is 1. The lowest BCUT2D eigenvalue weighted by Crippen LogP contribution is -2.43. The lowest BCUT2D eigenvalue weighted by atomic mass is 9.91. The molecule has 3 rings (SSSR count). The van der Waals surface area contributed by atoms with Crippen LogP contribution in [0.5, 0.6) is 0 Å². The van der Waals surface area contributed by atoms with Crippen LogP contribution >= 0.6 is 23.2 Å². The summed E-state index contributed by atoms with van der Waals surface area (Å²) in [6.07, 6.45) is -0.585. The largest absolute Gasteiger partial charge is 0.465 e. The molecule has 0 aromatic heterocycles. The van der Waals surface area contributed by atoms with Crippen molar-refractivity contribution < 1.29 is 19.4 Å². The fourth-order valence-electron chi connectivity index (χ4n) is 4.10. The summed E-state index contributed by atoms with van der Waals surface area (Å²) in [6, 6.07) is 12.7. The van der Waals surface area contributed by atoms with E-state index in [9.17, 15) is 14.7 Å². The van der Waals surface area contributed by atoms with Gasteiger partial charge in [-0.25, -0.2) is 0 Å². The number of ether oxygens (including phenoxy) is 1. The summed E-state index contributed by atoms with van der Waals surface area (Å²) in [5.41, 5.74) is 1.41. The first-order valence-electron chi connectivity index (χ1n) is 10.6. The summed E-state index contributed by atoms with van der Waals surface area (Å²) in [5.74, 6) is -1.17. The van der Waals surface area contributed by atoms with Crippen LogP contribution in [-0.4, -0.2) is 47.6 Å². The van der Waals surface area contributed by atoms with Crippen molar-refractivity contribution >= 4 is 35.1 Å². The molecule has 2 N–H and O–H groups in total. The lowest BCUT2D eigenvalue weighted by Gasteiger charge is -2.32. The molecule has 1 aliphatic rings. The number of esters is 1. The third-order valence-electron chi connectivity index (χ3n) is 6.02. The molecule has 1 heterocycles. The third-order valence-corrected chi connectivity index (χ3v) is 6.58. The van der Waals surface area contributed by atoms with Crippen molar-refractivity contribution in [3.63, 3.8) is 0 Å². The molecule has 0 bridgehead atoms. The van der Waals surface area contributed by atoms with Crippen LogP contribution in [0.1, 0.15) is 43.5 Å². The molecule has 6 nitrogen and oxygen atoms in total. The van der Waals surface area contributed by atoms with Crippen LogP contribution in [0, 0.1) is 5.92 Å². The van der Waals surface area contributed by atoms with E-state index < -0.39 is 36.1 Å². The van der Waals surface area contributed by atoms with E-state index in [2.05, 4.69) is 5.32 Å². The Balaban J connectivity index is 1.86. The number of aliphatic hydroxyl groups excluding tert-OH is 1. The van der Waals surface area contributed by atoms with Gasteiger partial charge in [-0.1, -0.05) is 59.6 Å². The smallest absolute Gasteiger partial charge is 0.323 e. The molecule has 172 valence electrons. The number of benzene rings is 2. The summed E-state index contributed by atoms with van der Waals surface area (Å²) >= 11 is 12.5. The molecule has 1 amide bonds. The Morgan fingerprint density at radius 2 is 1.91 bits per heavy atom. The van der Waals surface area contributed by atoms with E-state index >= 15 is 0 Å². The predicted octanol–water partition coefficient (Wildman–Crippen LogP) is 4.16. The molecule has 0 aliphatic carbocycles. The zero-order chi connectivity index (χ0) is 23.4. The topological polar surface area (TPSA) is 78.9 Å². The number of likely N-dealkylation sites (N-methyl/N-ethyl adjacent to an activating group) is 1. The van der Waals surface area contributed by atoms with Gasteiger partial charge >= 0.3 is 5.97 Å². The van der Waals surface area contributed by atoms with Crippen LogP contribution < -0.4 is 5.32 Å². The number of amides is 1. The van der Waals surface area contributed by atoms with Gasteiger partial charge in [0.25, 0.3) is 0 Å². The number of carbonyl (C=O) groups excluding carboxylic acids is 2. The first kappa shape index (κ1) is 24.5. The monoisotopic (exact) mass is 478 g/mol. The maximum absolute atomic E-state index is 13.6. The number of rotatable bonds is 7. The molecule has 0 spiro atoms. The van der Waals surface area contributed by atoms with Gasteiger partial charge in [0.2, 0.25) is 5.91 Å². The second kappa shape index (κ2) is 10.7. The summed E-state index contributed by atoms with van der Waals surface area (Å²) in [4.78, 5) is 27.5. The molecule has 32 heavy (non-hydrogen) atoms. The van der Waals surface area contributed by atoms with E-state index in [4.69, 9.17) is 27.9 Å². The number of halogens is 2. The van der Waals surface area contributed by atoms with E-state index in [1.54, 1.807) is 39.1 Å². The number of hydrogen-bond acceptors (Lipinski definition) is 5. The number of aliphatic hydroxyl groups is 1. The minimum Gasteiger partial charge on any atom is -0.465 e. The number of nitrogens with zero attached hydrogens (tertiary/aromatic N) is 1. The van der Waals surface area contributed by atoms with Gasteiger partial charge in [-0.15, -0.1) is 0 Å². The summed E-state index contributed by atoms with van der Waals surface area (Å²) in [7, 11) is 1.66. The highest BCUT2D eigenvalue weighted by molar-refractivity contribution is 6.35. The molecule has 0 saturated carbocycles. The van der Waals surface area contributed by atoms with Gasteiger partial charge in [-0.05, 0) is 43.5 Å². The quantitative estimate of drug-likeness (QED) is 0.584. The highest BCUT2D eigenvalue weighted by Gasteiger charge is 2.45. The summed E-state index contributed by atoms with van der Waals surface area (Å²) in [6.45, 7) is 3.79. The van der Waals surface area contributed by atoms with Gasteiger partial charge in [0.15, 0.2) is 0 Å². The van der Waals surface area contributed by atoms with Crippen LogP contribution in [0.25, 0.3) is 0 Å². The average molecular weight is 479 g/mol. The molecule has 0 radical (unpaired) electrons. The Kier molecular flexibility index (Phi) is 8.17. The minimum atomic E-state index is -0.849. The molecule has 0 unspecified atom stereocenters. The standard InChI is InChI=1S/C24H28Cl2N2O4/c1-4-32-24(31)20-13-18(21(27-20)17-11-10-16(25)12-19(17)26)23(30)28(3)14(2)22(29)15-8-6-5-7-9-15/h5-12,14,18,20-22,27,29H,4,13H2,1-3H3/t14-,18-,20-,21-,22-/m1/s1. The Hall–Kier alpha value is -2.12. The van der Waals surface area contributed by atoms with Crippen molar-refractivity contribution in [2.75, 3.05) is 13.7 Å². The molecule has 8 heteroatoms. The van der Waals surface area contributed by atoms with Crippen molar-refractivity contribution in [3.05, 3.63) is 69.7 Å². The molecular formula is C24H28Cl2N2O4. The summed E-state index contributed by atoms with van der Waals surface area (Å²) < 4.78 is 5.17. The van der Waals surface area contributed by atoms with Crippen molar-refractivity contribution in [1.82, 2.24) is 10.2 Å². The number of hydrogen-bond donors (Lipinski definition) is 2. The Morgan fingerprint density at radius 1 is 1.22 bits per heavy atom. The van der Waals surface area contributed by atoms with Gasteiger partial charge in [-0.2, -0.15) is 0 Å². The zero-order valence-corrected chi connectivity index (χ0v) is 19.8. The lowest BCUT2D eigenvalue weighted by molar-refractivity contribution is -0.145. The second-order valence-electron chi connectivity index (χ2n) is 8.00. The fraction of sp³-hybridized carbons (Fsp3) is 0.417. The van der Waals surface area contributed by atoms with Gasteiger partial charge in [0, 0.05) is 23.1 Å². The van der Waals surface area contributed by atoms with Gasteiger partial charge in [0.05, 0.1) is 24.7 Å². The first-order valence-corrected chi connectivity index (χ1v) is 11.4. The van der Waals surface area contributed by atoms with Crippen LogP contribution in [0.4, 0.5) is 0 Å². The highest BCUT2D eigenvalue weighted by atomic mass is 35.5. The Bertz CT molecular complexity index is 956. The molecule has 5 atom stereocenters. The Labute approximate surface area is 198 Å². The van der Waals surface area contributed by atoms with E-state index in [-0.39, 0.29) is 18.9 Å². The van der Waals surface area contributed by atoms with E-state index in [0.717, 1.165) is 5.56 Å². The fourth-order valence-corrected chi connectivity index (χ4v) is 4.63. The second-order valence-corrected chi connectivity index (χ2v) is 8.85. The molecular weight excluding hydrogens is 451 g/mol. The molecule has 2 aromatic carbocycles. The third kappa shape index (κ3) is 5.26. The highest BCUT2D eigenvalue weighted by Crippen LogP contribution is 2.39. The van der Waals surface area contributed by atoms with Crippen LogP contribution in [0.2, 0.25) is 10.0 Å².